The van der Waals surface area contributed by atoms with Gasteiger partial charge in [0.2, 0.25) is 12.6 Å². The highest BCUT2D eigenvalue weighted by Gasteiger charge is 2.19. The monoisotopic (exact) mass is 355 g/mol. The number of thiazole rings is 1. The van der Waals surface area contributed by atoms with Crippen LogP contribution in [0.2, 0.25) is 0 Å². The van der Waals surface area contributed by atoms with Crippen molar-refractivity contribution in [2.24, 2.45) is 0 Å². The Bertz CT molecular complexity index is 1040. The molecule has 0 saturated heterocycles. The maximum absolute atomic E-state index is 12.3. The fraction of sp³-hybridized carbons (Fsp3) is 0.0625. The number of rotatable bonds is 3. The number of nitrogens with zero attached hydrogens (tertiary/aromatic N) is 2. The minimum atomic E-state index is -0.416. The van der Waals surface area contributed by atoms with Crippen LogP contribution in [0.4, 0.5) is 5.13 Å². The first-order valence-electron chi connectivity index (χ1n) is 7.28. The summed E-state index contributed by atoms with van der Waals surface area (Å²) in [6.07, 6.45) is 1.52. The molecule has 1 aromatic carbocycles. The zero-order valence-corrected chi connectivity index (χ0v) is 13.3. The molecule has 3 aromatic heterocycles. The predicted octanol–water partition coefficient (Wildman–Crippen LogP) is 3.53. The Kier molecular flexibility index (Phi) is 3.01. The zero-order chi connectivity index (χ0) is 16.8. The van der Waals surface area contributed by atoms with Crippen molar-refractivity contribution in [3.8, 4) is 23.0 Å². The van der Waals surface area contributed by atoms with Crippen LogP contribution in [0.5, 0.6) is 11.5 Å². The van der Waals surface area contributed by atoms with E-state index >= 15 is 0 Å². The fourth-order valence-corrected chi connectivity index (χ4v) is 3.32. The zero-order valence-electron chi connectivity index (χ0n) is 12.5. The number of hydrogen-bond donors (Lipinski definition) is 1. The molecule has 9 heteroatoms. The number of benzene rings is 1. The smallest absolute Gasteiger partial charge is 0.279 e. The van der Waals surface area contributed by atoms with E-state index in [1.54, 1.807) is 18.2 Å². The van der Waals surface area contributed by atoms with Gasteiger partial charge in [-0.1, -0.05) is 16.5 Å². The SMILES string of the molecule is O=C(Nc1nc2cc3c(cc2s1)OCO3)c1cc(-c2ccco2)on1. The molecule has 8 nitrogen and oxygen atoms in total. The molecule has 5 rings (SSSR count). The Labute approximate surface area is 144 Å². The standard InChI is InChI=1S/C16H9N3O5S/c20-15(9-5-13(24-19-9)10-2-1-3-21-10)18-16-17-8-4-11-12(23-7-22-11)6-14(8)25-16/h1-6H,7H2,(H,17,18,20). The summed E-state index contributed by atoms with van der Waals surface area (Å²) < 4.78 is 21.9. The number of ether oxygens (including phenoxy) is 2. The first-order valence-corrected chi connectivity index (χ1v) is 8.10. The van der Waals surface area contributed by atoms with E-state index < -0.39 is 5.91 Å². The maximum Gasteiger partial charge on any atom is 0.279 e. The van der Waals surface area contributed by atoms with Gasteiger partial charge < -0.3 is 18.4 Å². The van der Waals surface area contributed by atoms with Crippen molar-refractivity contribution >= 4 is 32.6 Å². The van der Waals surface area contributed by atoms with Gasteiger partial charge >= 0.3 is 0 Å². The molecule has 0 unspecified atom stereocenters. The van der Waals surface area contributed by atoms with Crippen molar-refractivity contribution in [1.29, 1.82) is 0 Å². The van der Waals surface area contributed by atoms with Gasteiger partial charge in [-0.3, -0.25) is 10.1 Å². The van der Waals surface area contributed by atoms with Crippen molar-refractivity contribution in [3.05, 3.63) is 42.3 Å². The summed E-state index contributed by atoms with van der Waals surface area (Å²) in [6, 6.07) is 8.59. The van der Waals surface area contributed by atoms with Gasteiger partial charge in [-0.2, -0.15) is 0 Å². The molecule has 4 heterocycles. The van der Waals surface area contributed by atoms with Gasteiger partial charge in [-0.25, -0.2) is 4.98 Å². The number of anilines is 1. The molecule has 4 aromatic rings. The Morgan fingerprint density at radius 3 is 2.88 bits per heavy atom. The Balaban J connectivity index is 1.40. The number of fused-ring (bicyclic) bond motifs is 2. The summed E-state index contributed by atoms with van der Waals surface area (Å²) in [5.74, 6) is 1.79. The first kappa shape index (κ1) is 14.1. The van der Waals surface area contributed by atoms with Crippen molar-refractivity contribution in [1.82, 2.24) is 10.1 Å². The highest BCUT2D eigenvalue weighted by atomic mass is 32.1. The minimum absolute atomic E-state index is 0.139. The van der Waals surface area contributed by atoms with E-state index in [-0.39, 0.29) is 12.5 Å². The highest BCUT2D eigenvalue weighted by Crippen LogP contribution is 2.39. The Morgan fingerprint density at radius 2 is 2.04 bits per heavy atom. The van der Waals surface area contributed by atoms with E-state index in [9.17, 15) is 4.79 Å². The molecule has 1 amide bonds. The van der Waals surface area contributed by atoms with Crippen LogP contribution in [0.25, 0.3) is 21.7 Å². The second kappa shape index (κ2) is 5.35. The third kappa shape index (κ3) is 2.41. The van der Waals surface area contributed by atoms with Gasteiger partial charge in [0.15, 0.2) is 28.1 Å². The molecule has 0 aliphatic carbocycles. The van der Waals surface area contributed by atoms with E-state index in [0.717, 1.165) is 10.2 Å². The van der Waals surface area contributed by atoms with Crippen LogP contribution >= 0.6 is 11.3 Å². The minimum Gasteiger partial charge on any atom is -0.461 e. The lowest BCUT2D eigenvalue weighted by Gasteiger charge is -1.95. The lowest BCUT2D eigenvalue weighted by molar-refractivity contribution is 0.101. The summed E-state index contributed by atoms with van der Waals surface area (Å²) in [5, 5.41) is 6.93. The number of carbonyl (C=O) groups excluding carboxylic acids is 1. The van der Waals surface area contributed by atoms with Crippen molar-refractivity contribution < 1.29 is 23.2 Å². The van der Waals surface area contributed by atoms with Gasteiger partial charge in [-0.15, -0.1) is 0 Å². The van der Waals surface area contributed by atoms with E-state index in [0.29, 0.717) is 28.2 Å². The van der Waals surface area contributed by atoms with Crippen LogP contribution < -0.4 is 14.8 Å². The largest absolute Gasteiger partial charge is 0.461 e. The third-order valence-electron chi connectivity index (χ3n) is 3.61. The number of furan rings is 1. The molecule has 0 bridgehead atoms. The summed E-state index contributed by atoms with van der Waals surface area (Å²) in [6.45, 7) is 0.209. The molecule has 0 spiro atoms. The van der Waals surface area contributed by atoms with Crippen molar-refractivity contribution in [2.45, 2.75) is 0 Å². The molecule has 124 valence electrons. The predicted molar refractivity (Wildman–Crippen MR) is 87.9 cm³/mol. The molecule has 1 N–H and O–H groups in total. The molecule has 0 saturated carbocycles. The molecule has 0 atom stereocenters. The topological polar surface area (TPSA) is 99.6 Å². The van der Waals surface area contributed by atoms with Crippen LogP contribution in [0.3, 0.4) is 0 Å². The molecule has 0 radical (unpaired) electrons. The lowest BCUT2D eigenvalue weighted by Crippen LogP contribution is -2.11. The quantitative estimate of drug-likeness (QED) is 0.600. The van der Waals surface area contributed by atoms with Crippen LogP contribution in [0.15, 0.2) is 45.5 Å². The van der Waals surface area contributed by atoms with Crippen LogP contribution in [-0.2, 0) is 0 Å². The average molecular weight is 355 g/mol. The molecule has 1 aliphatic heterocycles. The van der Waals surface area contributed by atoms with E-state index in [1.807, 2.05) is 6.07 Å². The second-order valence-electron chi connectivity index (χ2n) is 5.20. The van der Waals surface area contributed by atoms with Gasteiger partial charge in [0.1, 0.15) is 0 Å². The molecule has 0 fully saturated rings. The second-order valence-corrected chi connectivity index (χ2v) is 6.23. The van der Waals surface area contributed by atoms with E-state index in [2.05, 4.69) is 15.5 Å². The average Bonchev–Trinajstić information content (AvgIpc) is 3.36. The Morgan fingerprint density at radius 1 is 1.16 bits per heavy atom. The number of carbonyl (C=O) groups is 1. The molecule has 25 heavy (non-hydrogen) atoms. The maximum atomic E-state index is 12.3. The van der Waals surface area contributed by atoms with Gasteiger partial charge in [-0.05, 0) is 12.1 Å². The number of nitrogens with one attached hydrogen (secondary N) is 1. The third-order valence-corrected chi connectivity index (χ3v) is 4.54. The van der Waals surface area contributed by atoms with Gasteiger partial charge in [0.25, 0.3) is 5.91 Å². The van der Waals surface area contributed by atoms with Crippen LogP contribution in [0.1, 0.15) is 10.5 Å². The number of hydrogen-bond acceptors (Lipinski definition) is 8. The highest BCUT2D eigenvalue weighted by molar-refractivity contribution is 7.22. The Hall–Kier alpha value is -3.33. The van der Waals surface area contributed by atoms with Gasteiger partial charge in [0, 0.05) is 18.2 Å². The molecular weight excluding hydrogens is 346 g/mol. The fourth-order valence-electron chi connectivity index (χ4n) is 2.45. The summed E-state index contributed by atoms with van der Waals surface area (Å²) >= 11 is 1.34. The van der Waals surface area contributed by atoms with Crippen LogP contribution in [0, 0.1) is 0 Å². The lowest BCUT2D eigenvalue weighted by atomic mass is 10.3. The van der Waals surface area contributed by atoms with E-state index in [4.69, 9.17) is 18.4 Å². The molecule has 1 aliphatic rings. The molecular formula is C16H9N3O5S. The number of aromatic nitrogens is 2. The van der Waals surface area contributed by atoms with Crippen LogP contribution in [-0.4, -0.2) is 22.8 Å². The van der Waals surface area contributed by atoms with Crippen molar-refractivity contribution in [2.75, 3.05) is 12.1 Å². The summed E-state index contributed by atoms with van der Waals surface area (Å²) in [5.41, 5.74) is 0.862. The normalized spacial score (nSPS) is 12.6. The summed E-state index contributed by atoms with van der Waals surface area (Å²) in [7, 11) is 0. The summed E-state index contributed by atoms with van der Waals surface area (Å²) in [4.78, 5) is 16.7. The van der Waals surface area contributed by atoms with Gasteiger partial charge in [0.05, 0.1) is 16.5 Å². The van der Waals surface area contributed by atoms with Crippen molar-refractivity contribution in [3.63, 3.8) is 0 Å². The first-order chi connectivity index (χ1) is 12.3. The number of amides is 1. The van der Waals surface area contributed by atoms with E-state index in [1.165, 1.54) is 23.7 Å².